The molecule has 3 aromatic rings. The fourth-order valence-corrected chi connectivity index (χ4v) is 3.74. The minimum Gasteiger partial charge on any atom is -0.246 e. The fourth-order valence-electron chi connectivity index (χ4n) is 1.81. The lowest BCUT2D eigenvalue weighted by Crippen LogP contribution is -2.13. The van der Waals surface area contributed by atoms with Crippen molar-refractivity contribution in [3.05, 3.63) is 59.5 Å². The lowest BCUT2D eigenvalue weighted by molar-refractivity contribution is 0.584. The molecule has 0 atom stereocenters. The number of hydrogen-bond donors (Lipinski definition) is 1. The number of nitrogens with zero attached hydrogens (tertiary/aromatic N) is 3. The van der Waals surface area contributed by atoms with E-state index in [4.69, 9.17) is 0 Å². The quantitative estimate of drug-likeness (QED) is 0.774. The summed E-state index contributed by atoms with van der Waals surface area (Å²) >= 11 is 1.10. The van der Waals surface area contributed by atoms with Gasteiger partial charge >= 0.3 is 0 Å². The lowest BCUT2D eigenvalue weighted by atomic mass is 10.2. The maximum Gasteiger partial charge on any atom is 0.273 e. The number of thiophene rings is 1. The molecule has 0 radical (unpaired) electrons. The maximum atomic E-state index is 13.6. The number of anilines is 1. The molecule has 22 heavy (non-hydrogen) atoms. The van der Waals surface area contributed by atoms with Crippen LogP contribution in [0.2, 0.25) is 0 Å². The van der Waals surface area contributed by atoms with Crippen LogP contribution in [0.3, 0.4) is 0 Å². The normalized spacial score (nSPS) is 11.5. The smallest absolute Gasteiger partial charge is 0.246 e. The first-order valence-electron chi connectivity index (χ1n) is 6.24. The summed E-state index contributed by atoms with van der Waals surface area (Å²) in [5.74, 6) is -0.400. The van der Waals surface area contributed by atoms with Gasteiger partial charge in [-0.25, -0.2) is 22.2 Å². The highest BCUT2D eigenvalue weighted by Gasteiger charge is 2.17. The number of benzene rings is 1. The molecule has 1 aromatic carbocycles. The van der Waals surface area contributed by atoms with Gasteiger partial charge in [-0.3, -0.25) is 0 Å². The molecule has 0 amide bonds. The van der Waals surface area contributed by atoms with Crippen LogP contribution in [0.25, 0.3) is 0 Å². The van der Waals surface area contributed by atoms with Crippen molar-refractivity contribution in [1.82, 2.24) is 14.8 Å². The molecular weight excluding hydrogens is 327 g/mol. The van der Waals surface area contributed by atoms with Gasteiger partial charge in [0.1, 0.15) is 16.4 Å². The van der Waals surface area contributed by atoms with Crippen molar-refractivity contribution in [2.24, 2.45) is 0 Å². The molecule has 0 aliphatic rings. The molecule has 0 aliphatic heterocycles. The Morgan fingerprint density at radius 1 is 1.23 bits per heavy atom. The van der Waals surface area contributed by atoms with Gasteiger partial charge in [-0.15, -0.1) is 16.4 Å². The van der Waals surface area contributed by atoms with Gasteiger partial charge in [0.2, 0.25) is 0 Å². The molecule has 0 aliphatic carbocycles. The third-order valence-corrected chi connectivity index (χ3v) is 5.54. The Bertz CT molecular complexity index is 875. The monoisotopic (exact) mass is 338 g/mol. The number of sulfonamides is 1. The summed E-state index contributed by atoms with van der Waals surface area (Å²) < 4.78 is 41.5. The number of rotatable bonds is 5. The summed E-state index contributed by atoms with van der Waals surface area (Å²) in [5.41, 5.74) is 0.445. The Morgan fingerprint density at radius 3 is 2.77 bits per heavy atom. The van der Waals surface area contributed by atoms with E-state index in [1.54, 1.807) is 29.6 Å². The van der Waals surface area contributed by atoms with Crippen LogP contribution < -0.4 is 4.72 Å². The van der Waals surface area contributed by atoms with E-state index < -0.39 is 10.0 Å². The Kier molecular flexibility index (Phi) is 3.90. The highest BCUT2D eigenvalue weighted by molar-refractivity contribution is 7.94. The summed E-state index contributed by atoms with van der Waals surface area (Å²) in [6, 6.07) is 9.43. The van der Waals surface area contributed by atoms with Gasteiger partial charge in [0.25, 0.3) is 16.0 Å². The molecule has 0 fully saturated rings. The van der Waals surface area contributed by atoms with Crippen molar-refractivity contribution >= 4 is 27.3 Å². The van der Waals surface area contributed by atoms with E-state index in [0.717, 1.165) is 11.3 Å². The second-order valence-corrected chi connectivity index (χ2v) is 7.25. The standard InChI is InChI=1S/C13H11FN4O2S2/c14-11-5-2-1-4-10(11)8-18-9-15-13(16-18)17-22(19,20)12-6-3-7-21-12/h1-7,9H,8H2,(H,16,17). The molecule has 114 valence electrons. The van der Waals surface area contributed by atoms with E-state index >= 15 is 0 Å². The third-order valence-electron chi connectivity index (χ3n) is 2.81. The number of hydrogen-bond acceptors (Lipinski definition) is 5. The molecule has 6 nitrogen and oxygen atoms in total. The highest BCUT2D eigenvalue weighted by Crippen LogP contribution is 2.18. The Morgan fingerprint density at radius 2 is 2.05 bits per heavy atom. The fraction of sp³-hybridized carbons (Fsp3) is 0.0769. The van der Waals surface area contributed by atoms with Crippen LogP contribution in [0.15, 0.2) is 52.3 Å². The van der Waals surface area contributed by atoms with Gasteiger partial charge in [0.05, 0.1) is 6.54 Å². The Balaban J connectivity index is 1.76. The first-order valence-corrected chi connectivity index (χ1v) is 8.60. The number of aromatic nitrogens is 3. The topological polar surface area (TPSA) is 76.9 Å². The number of nitrogens with one attached hydrogen (secondary N) is 1. The van der Waals surface area contributed by atoms with Gasteiger partial charge < -0.3 is 0 Å². The van der Waals surface area contributed by atoms with E-state index in [0.29, 0.717) is 5.56 Å². The van der Waals surface area contributed by atoms with Crippen LogP contribution >= 0.6 is 11.3 Å². The molecule has 0 unspecified atom stereocenters. The highest BCUT2D eigenvalue weighted by atomic mass is 32.2. The predicted octanol–water partition coefficient (Wildman–Crippen LogP) is 2.33. The molecule has 0 bridgehead atoms. The van der Waals surface area contributed by atoms with E-state index in [1.165, 1.54) is 23.1 Å². The van der Waals surface area contributed by atoms with Crippen molar-refractivity contribution in [3.8, 4) is 0 Å². The largest absolute Gasteiger partial charge is 0.273 e. The zero-order chi connectivity index (χ0) is 15.6. The molecule has 9 heteroatoms. The zero-order valence-electron chi connectivity index (χ0n) is 11.2. The van der Waals surface area contributed by atoms with Crippen molar-refractivity contribution in [3.63, 3.8) is 0 Å². The second kappa shape index (κ2) is 5.85. The summed E-state index contributed by atoms with van der Waals surface area (Å²) in [4.78, 5) is 3.88. The van der Waals surface area contributed by atoms with Crippen LogP contribution in [0.4, 0.5) is 10.3 Å². The van der Waals surface area contributed by atoms with Crippen molar-refractivity contribution in [2.75, 3.05) is 4.72 Å². The minimum absolute atomic E-state index is 0.0512. The van der Waals surface area contributed by atoms with Crippen molar-refractivity contribution in [1.29, 1.82) is 0 Å². The van der Waals surface area contributed by atoms with E-state index in [2.05, 4.69) is 14.8 Å². The summed E-state index contributed by atoms with van der Waals surface area (Å²) in [6.07, 6.45) is 1.35. The van der Waals surface area contributed by atoms with E-state index in [9.17, 15) is 12.8 Å². The third kappa shape index (κ3) is 3.15. The predicted molar refractivity (Wildman–Crippen MR) is 80.7 cm³/mol. The van der Waals surface area contributed by atoms with Crippen molar-refractivity contribution < 1.29 is 12.8 Å². The molecule has 1 N–H and O–H groups in total. The molecule has 3 rings (SSSR count). The van der Waals surface area contributed by atoms with Gasteiger partial charge in [-0.05, 0) is 17.5 Å². The second-order valence-electron chi connectivity index (χ2n) is 4.39. The lowest BCUT2D eigenvalue weighted by Gasteiger charge is -2.03. The molecule has 0 saturated heterocycles. The molecular formula is C13H11FN4O2S2. The van der Waals surface area contributed by atoms with Crippen LogP contribution in [0.1, 0.15) is 5.56 Å². The SMILES string of the molecule is O=S(=O)(Nc1ncn(Cc2ccccc2F)n1)c1cccs1. The Labute approximate surface area is 130 Å². The first kappa shape index (κ1) is 14.7. The summed E-state index contributed by atoms with van der Waals surface area (Å²) in [6.45, 7) is 0.167. The van der Waals surface area contributed by atoms with Gasteiger partial charge in [-0.2, -0.15) is 4.98 Å². The first-order chi connectivity index (χ1) is 10.5. The van der Waals surface area contributed by atoms with E-state index in [1.807, 2.05) is 0 Å². The van der Waals surface area contributed by atoms with Crippen LogP contribution in [0.5, 0.6) is 0 Å². The van der Waals surface area contributed by atoms with Crippen LogP contribution in [-0.4, -0.2) is 23.2 Å². The molecule has 2 heterocycles. The number of halogens is 1. The van der Waals surface area contributed by atoms with Crippen LogP contribution in [0, 0.1) is 5.82 Å². The van der Waals surface area contributed by atoms with Crippen LogP contribution in [-0.2, 0) is 16.6 Å². The molecule has 0 saturated carbocycles. The summed E-state index contributed by atoms with van der Waals surface area (Å²) in [5, 5.41) is 5.66. The average molecular weight is 338 g/mol. The molecule has 0 spiro atoms. The Hall–Kier alpha value is -2.26. The van der Waals surface area contributed by atoms with E-state index in [-0.39, 0.29) is 22.5 Å². The maximum absolute atomic E-state index is 13.6. The summed E-state index contributed by atoms with van der Waals surface area (Å²) in [7, 11) is -3.68. The van der Waals surface area contributed by atoms with Gasteiger partial charge in [0, 0.05) is 5.56 Å². The van der Waals surface area contributed by atoms with Gasteiger partial charge in [0.15, 0.2) is 0 Å². The molecule has 2 aromatic heterocycles. The van der Waals surface area contributed by atoms with Gasteiger partial charge in [-0.1, -0.05) is 24.3 Å². The minimum atomic E-state index is -3.68. The average Bonchev–Trinajstić information content (AvgIpc) is 3.13. The van der Waals surface area contributed by atoms with Crippen molar-refractivity contribution in [2.45, 2.75) is 10.8 Å². The zero-order valence-corrected chi connectivity index (χ0v) is 12.8.